The number of esters is 1. The van der Waals surface area contributed by atoms with E-state index >= 15 is 0 Å². The minimum atomic E-state index is -0.967. The molecule has 0 aromatic heterocycles. The van der Waals surface area contributed by atoms with Gasteiger partial charge in [-0.15, -0.1) is 0 Å². The molecule has 0 heterocycles. The molecular formula is C13H16N2O5. The molecule has 0 saturated carbocycles. The Labute approximate surface area is 116 Å². The summed E-state index contributed by atoms with van der Waals surface area (Å²) in [4.78, 5) is 21.7. The SMILES string of the molecule is CCOC(=O)C(=C(C)Nc1cccc(OC)c1)[N+](=O)[O-]. The minimum absolute atomic E-state index is 0.0720. The molecule has 0 aliphatic carbocycles. The number of hydrogen-bond donors (Lipinski definition) is 1. The van der Waals surface area contributed by atoms with Gasteiger partial charge >= 0.3 is 11.7 Å². The Morgan fingerprint density at radius 3 is 2.70 bits per heavy atom. The van der Waals surface area contributed by atoms with Crippen molar-refractivity contribution in [2.75, 3.05) is 19.0 Å². The Hall–Kier alpha value is -2.57. The number of nitrogens with one attached hydrogen (secondary N) is 1. The van der Waals surface area contributed by atoms with Crippen LogP contribution in [-0.4, -0.2) is 24.6 Å². The summed E-state index contributed by atoms with van der Waals surface area (Å²) >= 11 is 0. The first kappa shape index (κ1) is 15.5. The third-order valence-corrected chi connectivity index (χ3v) is 2.41. The van der Waals surface area contributed by atoms with Gasteiger partial charge in [-0.2, -0.15) is 0 Å². The number of nitrogens with zero attached hydrogens (tertiary/aromatic N) is 1. The van der Waals surface area contributed by atoms with Gasteiger partial charge in [-0.3, -0.25) is 10.1 Å². The molecule has 0 radical (unpaired) electrons. The number of anilines is 1. The highest BCUT2D eigenvalue weighted by Crippen LogP contribution is 2.19. The molecule has 1 aromatic rings. The van der Waals surface area contributed by atoms with Gasteiger partial charge in [0.2, 0.25) is 0 Å². The van der Waals surface area contributed by atoms with Crippen molar-refractivity contribution in [1.82, 2.24) is 0 Å². The van der Waals surface area contributed by atoms with Crippen LogP contribution in [0.1, 0.15) is 13.8 Å². The number of hydrogen-bond acceptors (Lipinski definition) is 6. The van der Waals surface area contributed by atoms with Gasteiger partial charge in [0.1, 0.15) is 5.75 Å². The molecule has 0 unspecified atom stereocenters. The number of carbonyl (C=O) groups is 1. The zero-order valence-corrected chi connectivity index (χ0v) is 11.5. The Morgan fingerprint density at radius 1 is 1.45 bits per heavy atom. The van der Waals surface area contributed by atoms with Crippen molar-refractivity contribution in [3.05, 3.63) is 45.8 Å². The van der Waals surface area contributed by atoms with E-state index in [0.29, 0.717) is 11.4 Å². The second-order valence-electron chi connectivity index (χ2n) is 3.81. The van der Waals surface area contributed by atoms with Gasteiger partial charge < -0.3 is 14.8 Å². The molecule has 0 spiro atoms. The van der Waals surface area contributed by atoms with Crippen LogP contribution in [0.2, 0.25) is 0 Å². The summed E-state index contributed by atoms with van der Waals surface area (Å²) in [6.45, 7) is 3.09. The number of allylic oxidation sites excluding steroid dienone is 1. The van der Waals surface area contributed by atoms with Crippen molar-refractivity contribution in [3.8, 4) is 5.75 Å². The molecule has 1 rings (SSSR count). The van der Waals surface area contributed by atoms with Gasteiger partial charge in [-0.05, 0) is 26.0 Å². The fourth-order valence-electron chi connectivity index (χ4n) is 1.54. The van der Waals surface area contributed by atoms with Crippen molar-refractivity contribution in [3.63, 3.8) is 0 Å². The number of carbonyl (C=O) groups excluding carboxylic acids is 1. The molecule has 1 N–H and O–H groups in total. The molecule has 20 heavy (non-hydrogen) atoms. The van der Waals surface area contributed by atoms with Crippen molar-refractivity contribution in [1.29, 1.82) is 0 Å². The Morgan fingerprint density at radius 2 is 2.15 bits per heavy atom. The first-order valence-electron chi connectivity index (χ1n) is 5.93. The zero-order chi connectivity index (χ0) is 15.1. The highest BCUT2D eigenvalue weighted by atomic mass is 16.6. The fourth-order valence-corrected chi connectivity index (χ4v) is 1.54. The average molecular weight is 280 g/mol. The summed E-state index contributed by atoms with van der Waals surface area (Å²) in [6, 6.07) is 6.83. The van der Waals surface area contributed by atoms with E-state index < -0.39 is 16.6 Å². The smallest absolute Gasteiger partial charge is 0.411 e. The lowest BCUT2D eigenvalue weighted by Gasteiger charge is -2.09. The van der Waals surface area contributed by atoms with E-state index in [4.69, 9.17) is 4.74 Å². The molecule has 0 bridgehead atoms. The number of benzene rings is 1. The molecule has 0 saturated heterocycles. The van der Waals surface area contributed by atoms with Crippen LogP contribution < -0.4 is 10.1 Å². The summed E-state index contributed by atoms with van der Waals surface area (Å²) in [7, 11) is 1.52. The second kappa shape index (κ2) is 7.13. The second-order valence-corrected chi connectivity index (χ2v) is 3.81. The van der Waals surface area contributed by atoms with Gasteiger partial charge in [0.15, 0.2) is 0 Å². The van der Waals surface area contributed by atoms with Crippen molar-refractivity contribution >= 4 is 11.7 Å². The lowest BCUT2D eigenvalue weighted by atomic mass is 10.2. The van der Waals surface area contributed by atoms with Gasteiger partial charge in [-0.1, -0.05) is 6.07 Å². The van der Waals surface area contributed by atoms with Gasteiger partial charge in [0, 0.05) is 11.8 Å². The van der Waals surface area contributed by atoms with E-state index in [-0.39, 0.29) is 12.3 Å². The normalized spacial score (nSPS) is 11.3. The molecule has 0 atom stereocenters. The Kier molecular flexibility index (Phi) is 5.52. The van der Waals surface area contributed by atoms with Crippen LogP contribution in [-0.2, 0) is 9.53 Å². The maximum absolute atomic E-state index is 11.6. The summed E-state index contributed by atoms with van der Waals surface area (Å²) in [6.07, 6.45) is 0. The standard InChI is InChI=1S/C13H16N2O5/c1-4-20-13(16)12(15(17)18)9(2)14-10-6-5-7-11(8-10)19-3/h5-8,14H,4H2,1-3H3. The quantitative estimate of drug-likeness (QED) is 0.372. The zero-order valence-electron chi connectivity index (χ0n) is 11.5. The molecule has 7 nitrogen and oxygen atoms in total. The predicted molar refractivity (Wildman–Crippen MR) is 72.9 cm³/mol. The number of nitro groups is 1. The van der Waals surface area contributed by atoms with E-state index in [2.05, 4.69) is 10.1 Å². The molecule has 108 valence electrons. The van der Waals surface area contributed by atoms with Crippen LogP contribution in [0.25, 0.3) is 0 Å². The third-order valence-electron chi connectivity index (χ3n) is 2.41. The van der Waals surface area contributed by atoms with E-state index in [9.17, 15) is 14.9 Å². The lowest BCUT2D eigenvalue weighted by molar-refractivity contribution is -0.422. The van der Waals surface area contributed by atoms with E-state index in [1.165, 1.54) is 14.0 Å². The largest absolute Gasteiger partial charge is 0.497 e. The third kappa shape index (κ3) is 3.98. The highest BCUT2D eigenvalue weighted by Gasteiger charge is 2.27. The van der Waals surface area contributed by atoms with Gasteiger partial charge in [0.25, 0.3) is 0 Å². The molecule has 0 fully saturated rings. The monoisotopic (exact) mass is 280 g/mol. The van der Waals surface area contributed by atoms with Crippen LogP contribution in [0.4, 0.5) is 5.69 Å². The lowest BCUT2D eigenvalue weighted by Crippen LogP contribution is -2.19. The van der Waals surface area contributed by atoms with Crippen molar-refractivity contribution < 1.29 is 19.2 Å². The summed E-state index contributed by atoms with van der Waals surface area (Å²) < 4.78 is 9.71. The highest BCUT2D eigenvalue weighted by molar-refractivity contribution is 5.87. The Bertz CT molecular complexity index is 539. The van der Waals surface area contributed by atoms with Crippen LogP contribution in [0.5, 0.6) is 5.75 Å². The summed E-state index contributed by atoms with van der Waals surface area (Å²) in [5.41, 5.74) is 0.0573. The number of ether oxygens (including phenoxy) is 2. The van der Waals surface area contributed by atoms with Crippen LogP contribution in [0, 0.1) is 10.1 Å². The minimum Gasteiger partial charge on any atom is -0.497 e. The topological polar surface area (TPSA) is 90.7 Å². The average Bonchev–Trinajstić information content (AvgIpc) is 2.38. The van der Waals surface area contributed by atoms with Crippen LogP contribution in [0.3, 0.4) is 0 Å². The van der Waals surface area contributed by atoms with E-state index in [0.717, 1.165) is 0 Å². The van der Waals surface area contributed by atoms with Gasteiger partial charge in [-0.25, -0.2) is 4.79 Å². The maximum Gasteiger partial charge on any atom is 0.411 e. The fraction of sp³-hybridized carbons (Fsp3) is 0.308. The molecule has 0 aliphatic heterocycles. The van der Waals surface area contributed by atoms with Crippen molar-refractivity contribution in [2.24, 2.45) is 0 Å². The molecule has 7 heteroatoms. The van der Waals surface area contributed by atoms with E-state index in [1.54, 1.807) is 31.2 Å². The maximum atomic E-state index is 11.6. The summed E-state index contributed by atoms with van der Waals surface area (Å²) in [5.74, 6) is -0.369. The van der Waals surface area contributed by atoms with Crippen molar-refractivity contribution in [2.45, 2.75) is 13.8 Å². The molecule has 0 amide bonds. The first-order chi connectivity index (χ1) is 9.49. The first-order valence-corrected chi connectivity index (χ1v) is 5.93. The molecular weight excluding hydrogens is 264 g/mol. The van der Waals surface area contributed by atoms with E-state index in [1.807, 2.05) is 0 Å². The Balaban J connectivity index is 3.04. The summed E-state index contributed by atoms with van der Waals surface area (Å²) in [5, 5.41) is 13.7. The number of methoxy groups -OCH3 is 1. The molecule has 0 aliphatic rings. The predicted octanol–water partition coefficient (Wildman–Crippen LogP) is 2.18. The molecule has 1 aromatic carbocycles. The van der Waals surface area contributed by atoms with Crippen LogP contribution in [0.15, 0.2) is 35.7 Å². The number of rotatable bonds is 6. The van der Waals surface area contributed by atoms with Crippen LogP contribution >= 0.6 is 0 Å². The van der Waals surface area contributed by atoms with Gasteiger partial charge in [0.05, 0.1) is 24.3 Å².